The number of hydrogen-bond acceptors (Lipinski definition) is 7. The summed E-state index contributed by atoms with van der Waals surface area (Å²) in [4.78, 5) is 25.8. The largest absolute Gasteiger partial charge is 0.445 e. The number of alkyl carbamates (subject to hydrolysis) is 1. The van der Waals surface area contributed by atoms with Crippen LogP contribution < -0.4 is 10.6 Å². The van der Waals surface area contributed by atoms with Crippen molar-refractivity contribution in [3.8, 4) is 10.6 Å². The van der Waals surface area contributed by atoms with Crippen LogP contribution in [-0.4, -0.2) is 48.7 Å². The van der Waals surface area contributed by atoms with Gasteiger partial charge < -0.3 is 15.4 Å². The number of hydrogen-bond donors (Lipinski definition) is 3. The minimum Gasteiger partial charge on any atom is -0.445 e. The lowest BCUT2D eigenvalue weighted by Crippen LogP contribution is -2.45. The van der Waals surface area contributed by atoms with Crippen LogP contribution in [0.15, 0.2) is 53.9 Å². The number of rotatable bonds is 9. The number of anilines is 1. The van der Waals surface area contributed by atoms with E-state index in [1.54, 1.807) is 18.2 Å². The van der Waals surface area contributed by atoms with Crippen molar-refractivity contribution in [2.24, 2.45) is 0 Å². The SMILES string of the molecule is CS(=O)(=O)CCC(NC(=O)OCc1ccccc1)C(=O)Nc1cc(-c2cccs2)[nH]n1. The molecule has 0 spiro atoms. The first kappa shape index (κ1) is 22.5. The number of aromatic amines is 1. The van der Waals surface area contributed by atoms with E-state index in [1.165, 1.54) is 11.3 Å². The third kappa shape index (κ3) is 7.23. The second-order valence-corrected chi connectivity index (χ2v) is 10.0. The van der Waals surface area contributed by atoms with Gasteiger partial charge >= 0.3 is 6.09 Å². The average Bonchev–Trinajstić information content (AvgIpc) is 3.41. The number of aromatic nitrogens is 2. The smallest absolute Gasteiger partial charge is 0.408 e. The summed E-state index contributed by atoms with van der Waals surface area (Å²) in [6, 6.07) is 13.4. The summed E-state index contributed by atoms with van der Waals surface area (Å²) in [6.45, 7) is 0.0244. The van der Waals surface area contributed by atoms with Gasteiger partial charge in [-0.1, -0.05) is 36.4 Å². The molecule has 0 aliphatic rings. The minimum atomic E-state index is -3.33. The molecule has 9 nitrogen and oxygen atoms in total. The molecule has 0 radical (unpaired) electrons. The number of sulfone groups is 1. The van der Waals surface area contributed by atoms with Gasteiger partial charge in [0.05, 0.1) is 16.3 Å². The Morgan fingerprint density at radius 3 is 2.65 bits per heavy atom. The van der Waals surface area contributed by atoms with E-state index in [9.17, 15) is 18.0 Å². The fourth-order valence-electron chi connectivity index (χ4n) is 2.66. The summed E-state index contributed by atoms with van der Waals surface area (Å²) < 4.78 is 28.3. The highest BCUT2D eigenvalue weighted by Gasteiger charge is 2.24. The Bertz CT molecular complexity index is 1110. The van der Waals surface area contributed by atoms with Crippen LogP contribution in [0.25, 0.3) is 10.6 Å². The van der Waals surface area contributed by atoms with Crippen LogP contribution in [0.2, 0.25) is 0 Å². The first-order valence-corrected chi connectivity index (χ1v) is 12.3. The van der Waals surface area contributed by atoms with E-state index in [0.717, 1.165) is 22.4 Å². The van der Waals surface area contributed by atoms with Gasteiger partial charge in [-0.05, 0) is 23.4 Å². The molecule has 1 atom stereocenters. The van der Waals surface area contributed by atoms with E-state index in [2.05, 4.69) is 20.8 Å². The van der Waals surface area contributed by atoms with Gasteiger partial charge in [-0.2, -0.15) is 5.10 Å². The molecule has 3 rings (SSSR count). The molecule has 164 valence electrons. The summed E-state index contributed by atoms with van der Waals surface area (Å²) in [6.07, 6.45) is 0.142. The zero-order valence-electron chi connectivity index (χ0n) is 16.7. The lowest BCUT2D eigenvalue weighted by molar-refractivity contribution is -0.118. The lowest BCUT2D eigenvalue weighted by atomic mass is 10.2. The Morgan fingerprint density at radius 1 is 1.19 bits per heavy atom. The van der Waals surface area contributed by atoms with Crippen LogP contribution in [0.3, 0.4) is 0 Å². The molecular formula is C20H22N4O5S2. The molecule has 11 heteroatoms. The predicted octanol–water partition coefficient (Wildman–Crippen LogP) is 2.81. The van der Waals surface area contributed by atoms with Gasteiger partial charge in [-0.25, -0.2) is 13.2 Å². The second-order valence-electron chi connectivity index (χ2n) is 6.81. The summed E-state index contributed by atoms with van der Waals surface area (Å²) in [5.41, 5.74) is 1.51. The molecule has 0 aliphatic carbocycles. The van der Waals surface area contributed by atoms with Crippen molar-refractivity contribution < 1.29 is 22.7 Å². The van der Waals surface area contributed by atoms with Gasteiger partial charge in [0.25, 0.3) is 0 Å². The zero-order chi connectivity index (χ0) is 22.3. The van der Waals surface area contributed by atoms with Crippen molar-refractivity contribution in [2.75, 3.05) is 17.3 Å². The zero-order valence-corrected chi connectivity index (χ0v) is 18.3. The van der Waals surface area contributed by atoms with E-state index >= 15 is 0 Å². The highest BCUT2D eigenvalue weighted by atomic mass is 32.2. The topological polar surface area (TPSA) is 130 Å². The molecule has 0 fully saturated rings. The number of ether oxygens (including phenoxy) is 1. The average molecular weight is 463 g/mol. The molecular weight excluding hydrogens is 440 g/mol. The maximum atomic E-state index is 12.7. The first-order chi connectivity index (χ1) is 14.8. The van der Waals surface area contributed by atoms with Crippen molar-refractivity contribution in [1.29, 1.82) is 0 Å². The van der Waals surface area contributed by atoms with Crippen LogP contribution in [0.5, 0.6) is 0 Å². The molecule has 3 aromatic rings. The Kier molecular flexibility index (Phi) is 7.42. The van der Waals surface area contributed by atoms with E-state index < -0.39 is 27.9 Å². The molecule has 0 saturated heterocycles. The number of benzene rings is 1. The van der Waals surface area contributed by atoms with E-state index in [-0.39, 0.29) is 24.6 Å². The molecule has 0 saturated carbocycles. The number of thiophene rings is 1. The van der Waals surface area contributed by atoms with Crippen molar-refractivity contribution in [3.63, 3.8) is 0 Å². The monoisotopic (exact) mass is 462 g/mol. The predicted molar refractivity (Wildman–Crippen MR) is 118 cm³/mol. The third-order valence-electron chi connectivity index (χ3n) is 4.21. The summed E-state index contributed by atoms with van der Waals surface area (Å²) >= 11 is 1.51. The minimum absolute atomic E-state index is 0.0244. The molecule has 1 unspecified atom stereocenters. The standard InChI is InChI=1S/C20H22N4O5S2/c1-31(27,28)11-9-15(21-20(26)29-13-14-6-3-2-4-7-14)19(25)22-18-12-16(23-24-18)17-8-5-10-30-17/h2-8,10,12,15H,9,11,13H2,1H3,(H,21,26)(H2,22,23,24,25). The maximum absolute atomic E-state index is 12.7. The number of carbonyl (C=O) groups is 2. The van der Waals surface area contributed by atoms with Gasteiger partial charge in [0.2, 0.25) is 5.91 Å². The number of nitrogens with zero attached hydrogens (tertiary/aromatic N) is 1. The fourth-order valence-corrected chi connectivity index (χ4v) is 4.02. The van der Waals surface area contributed by atoms with Gasteiger partial charge in [-0.3, -0.25) is 9.89 Å². The Balaban J connectivity index is 1.62. The highest BCUT2D eigenvalue weighted by molar-refractivity contribution is 7.90. The molecule has 0 bridgehead atoms. The second kappa shape index (κ2) is 10.2. The molecule has 3 N–H and O–H groups in total. The number of carbonyl (C=O) groups excluding carboxylic acids is 2. The Morgan fingerprint density at radius 2 is 1.97 bits per heavy atom. The summed E-state index contributed by atoms with van der Waals surface area (Å²) in [5, 5.41) is 13.8. The highest BCUT2D eigenvalue weighted by Crippen LogP contribution is 2.24. The molecule has 0 aliphatic heterocycles. The van der Waals surface area contributed by atoms with Crippen LogP contribution in [0.4, 0.5) is 10.6 Å². The summed E-state index contributed by atoms with van der Waals surface area (Å²) in [7, 11) is -3.33. The van der Waals surface area contributed by atoms with Crippen LogP contribution in [-0.2, 0) is 26.0 Å². The van der Waals surface area contributed by atoms with Crippen LogP contribution in [0, 0.1) is 0 Å². The van der Waals surface area contributed by atoms with Gasteiger partial charge in [0.15, 0.2) is 5.82 Å². The van der Waals surface area contributed by atoms with E-state index in [1.807, 2.05) is 35.7 Å². The van der Waals surface area contributed by atoms with Crippen molar-refractivity contribution in [3.05, 3.63) is 59.5 Å². The van der Waals surface area contributed by atoms with Gasteiger partial charge in [-0.15, -0.1) is 11.3 Å². The Hall–Kier alpha value is -3.18. The quantitative estimate of drug-likeness (QED) is 0.448. The van der Waals surface area contributed by atoms with Crippen molar-refractivity contribution in [1.82, 2.24) is 15.5 Å². The van der Waals surface area contributed by atoms with Gasteiger partial charge in [0, 0.05) is 12.3 Å². The molecule has 2 heterocycles. The normalized spacial score (nSPS) is 12.2. The fraction of sp³-hybridized carbons (Fsp3) is 0.250. The van der Waals surface area contributed by atoms with Crippen LogP contribution in [0.1, 0.15) is 12.0 Å². The third-order valence-corrected chi connectivity index (χ3v) is 6.09. The molecule has 2 amide bonds. The maximum Gasteiger partial charge on any atom is 0.408 e. The van der Waals surface area contributed by atoms with Gasteiger partial charge in [0.1, 0.15) is 22.5 Å². The number of amides is 2. The van der Waals surface area contributed by atoms with E-state index in [0.29, 0.717) is 0 Å². The molecule has 31 heavy (non-hydrogen) atoms. The number of H-pyrrole nitrogens is 1. The van der Waals surface area contributed by atoms with Crippen molar-refractivity contribution in [2.45, 2.75) is 19.1 Å². The first-order valence-electron chi connectivity index (χ1n) is 9.35. The molecule has 2 aromatic heterocycles. The van der Waals surface area contributed by atoms with Crippen molar-refractivity contribution >= 4 is 39.0 Å². The summed E-state index contributed by atoms with van der Waals surface area (Å²) in [5.74, 6) is -0.604. The number of nitrogens with one attached hydrogen (secondary N) is 3. The van der Waals surface area contributed by atoms with E-state index in [4.69, 9.17) is 4.74 Å². The lowest BCUT2D eigenvalue weighted by Gasteiger charge is -2.17. The Labute approximate surface area is 183 Å². The van der Waals surface area contributed by atoms with Crippen LogP contribution >= 0.6 is 11.3 Å². The molecule has 1 aromatic carbocycles.